The number of hydrogen-bond donors (Lipinski definition) is 4. The van der Waals surface area contributed by atoms with Crippen LogP contribution >= 0.6 is 0 Å². The van der Waals surface area contributed by atoms with Crippen molar-refractivity contribution in [3.8, 4) is 0 Å². The normalized spacial score (nSPS) is 41.5. The second-order valence-electron chi connectivity index (χ2n) is 3.32. The van der Waals surface area contributed by atoms with E-state index in [9.17, 15) is 15.3 Å². The Bertz CT molecular complexity index is 209. The molecule has 1 aliphatic heterocycles. The third-order valence-corrected chi connectivity index (χ3v) is 2.25. The Morgan fingerprint density at radius 1 is 1.27 bits per heavy atom. The van der Waals surface area contributed by atoms with Crippen LogP contribution in [0.5, 0.6) is 0 Å². The van der Waals surface area contributed by atoms with E-state index in [1.54, 1.807) is 0 Å². The van der Waals surface area contributed by atoms with Crippen LogP contribution in [0.4, 0.5) is 0 Å². The number of aliphatic hydroxyl groups excluding tert-OH is 4. The van der Waals surface area contributed by atoms with Crippen LogP contribution in [-0.2, 0) is 9.47 Å². The zero-order valence-electron chi connectivity index (χ0n) is 8.19. The molecule has 0 aromatic rings. The molecule has 0 radical (unpaired) electrons. The fraction of sp³-hybridized carbons (Fsp3) is 0.778. The van der Waals surface area contributed by atoms with Crippen LogP contribution in [0.1, 0.15) is 0 Å². The Balaban J connectivity index is 2.61. The molecule has 5 atom stereocenters. The molecule has 1 rings (SSSR count). The van der Waals surface area contributed by atoms with Crippen molar-refractivity contribution in [1.82, 2.24) is 0 Å². The van der Waals surface area contributed by atoms with Crippen LogP contribution in [-0.4, -0.2) is 64.3 Å². The van der Waals surface area contributed by atoms with Crippen LogP contribution in [0, 0.1) is 0 Å². The van der Waals surface area contributed by atoms with Gasteiger partial charge in [-0.15, -0.1) is 6.58 Å². The van der Waals surface area contributed by atoms with Crippen LogP contribution < -0.4 is 0 Å². The lowest BCUT2D eigenvalue weighted by atomic mass is 9.99. The number of aliphatic hydroxyl groups is 4. The maximum absolute atomic E-state index is 9.58. The van der Waals surface area contributed by atoms with E-state index in [0.29, 0.717) is 0 Å². The van der Waals surface area contributed by atoms with Gasteiger partial charge in [-0.25, -0.2) is 0 Å². The van der Waals surface area contributed by atoms with Gasteiger partial charge >= 0.3 is 0 Å². The maximum atomic E-state index is 9.58. The second-order valence-corrected chi connectivity index (χ2v) is 3.32. The van der Waals surface area contributed by atoms with E-state index in [1.165, 1.54) is 6.08 Å². The molecular formula is C9H16O6. The number of ether oxygens (including phenoxy) is 2. The zero-order valence-corrected chi connectivity index (χ0v) is 8.19. The first kappa shape index (κ1) is 12.6. The highest BCUT2D eigenvalue weighted by molar-refractivity contribution is 4.89. The van der Waals surface area contributed by atoms with E-state index in [2.05, 4.69) is 6.58 Å². The molecule has 0 aromatic carbocycles. The van der Waals surface area contributed by atoms with Crippen LogP contribution in [0.2, 0.25) is 0 Å². The predicted molar refractivity (Wildman–Crippen MR) is 49.9 cm³/mol. The van der Waals surface area contributed by atoms with Crippen molar-refractivity contribution in [2.24, 2.45) is 0 Å². The second kappa shape index (κ2) is 5.55. The molecule has 0 aliphatic carbocycles. The Hall–Kier alpha value is -0.500. The number of hydrogen-bond acceptors (Lipinski definition) is 6. The molecule has 4 N–H and O–H groups in total. The van der Waals surface area contributed by atoms with Gasteiger partial charge in [0.2, 0.25) is 0 Å². The summed E-state index contributed by atoms with van der Waals surface area (Å²) in [5, 5.41) is 37.3. The van der Waals surface area contributed by atoms with Crippen molar-refractivity contribution in [2.75, 3.05) is 13.2 Å². The van der Waals surface area contributed by atoms with Crippen LogP contribution in [0.25, 0.3) is 0 Å². The molecule has 0 spiro atoms. The molecule has 88 valence electrons. The standard InChI is InChI=1S/C9H16O6/c1-2-3-14-8-7(12)6(11)5(4-10)15-9(8)13/h2,5-13H,1,3-4H2/t5-,6-,7+,8+,9+/m1/s1. The molecule has 1 saturated heterocycles. The smallest absolute Gasteiger partial charge is 0.184 e. The molecule has 6 nitrogen and oxygen atoms in total. The fourth-order valence-electron chi connectivity index (χ4n) is 1.43. The van der Waals surface area contributed by atoms with Gasteiger partial charge in [0.05, 0.1) is 13.2 Å². The Kier molecular flexibility index (Phi) is 4.65. The van der Waals surface area contributed by atoms with E-state index >= 15 is 0 Å². The van der Waals surface area contributed by atoms with Crippen molar-refractivity contribution in [3.05, 3.63) is 12.7 Å². The minimum atomic E-state index is -1.37. The van der Waals surface area contributed by atoms with E-state index < -0.39 is 37.3 Å². The first-order chi connectivity index (χ1) is 7.11. The summed E-state index contributed by atoms with van der Waals surface area (Å²) in [4.78, 5) is 0. The quantitative estimate of drug-likeness (QED) is 0.408. The summed E-state index contributed by atoms with van der Waals surface area (Å²) >= 11 is 0. The maximum Gasteiger partial charge on any atom is 0.184 e. The lowest BCUT2D eigenvalue weighted by Crippen LogP contribution is -2.59. The molecule has 15 heavy (non-hydrogen) atoms. The largest absolute Gasteiger partial charge is 0.394 e. The molecular weight excluding hydrogens is 204 g/mol. The van der Waals surface area contributed by atoms with Gasteiger partial charge in [-0.3, -0.25) is 0 Å². The Morgan fingerprint density at radius 3 is 2.47 bits per heavy atom. The topological polar surface area (TPSA) is 99.4 Å². The molecule has 0 unspecified atom stereocenters. The van der Waals surface area contributed by atoms with Crippen molar-refractivity contribution in [3.63, 3.8) is 0 Å². The highest BCUT2D eigenvalue weighted by atomic mass is 16.7. The molecule has 0 bridgehead atoms. The van der Waals surface area contributed by atoms with E-state index in [0.717, 1.165) is 0 Å². The summed E-state index contributed by atoms with van der Waals surface area (Å²) in [6.07, 6.45) is -4.55. The first-order valence-corrected chi connectivity index (χ1v) is 4.64. The molecule has 0 aromatic heterocycles. The summed E-state index contributed by atoms with van der Waals surface area (Å²) in [6, 6.07) is 0. The van der Waals surface area contributed by atoms with Gasteiger partial charge in [0, 0.05) is 0 Å². The van der Waals surface area contributed by atoms with Crippen molar-refractivity contribution in [1.29, 1.82) is 0 Å². The average Bonchev–Trinajstić information content (AvgIpc) is 2.23. The third-order valence-electron chi connectivity index (χ3n) is 2.25. The van der Waals surface area contributed by atoms with Gasteiger partial charge in [-0.1, -0.05) is 6.08 Å². The molecule has 1 aliphatic rings. The SMILES string of the molecule is C=CCO[C@H]1[C@@H](O)[C@H](O)[C@@H](CO)O[C@@H]1O. The zero-order chi connectivity index (χ0) is 11.4. The predicted octanol–water partition coefficient (Wildman–Crippen LogP) is -2.01. The summed E-state index contributed by atoms with van der Waals surface area (Å²) in [5.41, 5.74) is 0. The van der Waals surface area contributed by atoms with E-state index in [4.69, 9.17) is 14.6 Å². The van der Waals surface area contributed by atoms with Crippen molar-refractivity contribution < 1.29 is 29.9 Å². The van der Waals surface area contributed by atoms with Gasteiger partial charge in [-0.2, -0.15) is 0 Å². The average molecular weight is 220 g/mol. The van der Waals surface area contributed by atoms with Crippen LogP contribution in [0.15, 0.2) is 12.7 Å². The monoisotopic (exact) mass is 220 g/mol. The summed E-state index contributed by atoms with van der Waals surface area (Å²) in [7, 11) is 0. The molecule has 0 saturated carbocycles. The highest BCUT2D eigenvalue weighted by Gasteiger charge is 2.44. The Morgan fingerprint density at radius 2 is 1.93 bits per heavy atom. The minimum absolute atomic E-state index is 0.124. The third kappa shape index (κ3) is 2.75. The van der Waals surface area contributed by atoms with Gasteiger partial charge in [0.1, 0.15) is 24.4 Å². The van der Waals surface area contributed by atoms with Gasteiger partial charge in [0.25, 0.3) is 0 Å². The lowest BCUT2D eigenvalue weighted by Gasteiger charge is -2.39. The number of rotatable bonds is 4. The minimum Gasteiger partial charge on any atom is -0.394 e. The van der Waals surface area contributed by atoms with Crippen molar-refractivity contribution in [2.45, 2.75) is 30.7 Å². The molecule has 1 heterocycles. The fourth-order valence-corrected chi connectivity index (χ4v) is 1.43. The summed E-state index contributed by atoms with van der Waals surface area (Å²) < 4.78 is 9.90. The summed E-state index contributed by atoms with van der Waals surface area (Å²) in [6.45, 7) is 3.05. The van der Waals surface area contributed by atoms with Gasteiger partial charge in [0.15, 0.2) is 6.29 Å². The Labute approximate surface area is 87.4 Å². The van der Waals surface area contributed by atoms with Crippen LogP contribution in [0.3, 0.4) is 0 Å². The van der Waals surface area contributed by atoms with Gasteiger partial charge < -0.3 is 29.9 Å². The first-order valence-electron chi connectivity index (χ1n) is 4.64. The molecule has 1 fully saturated rings. The molecule has 0 amide bonds. The van der Waals surface area contributed by atoms with Gasteiger partial charge in [-0.05, 0) is 0 Å². The van der Waals surface area contributed by atoms with Crippen molar-refractivity contribution >= 4 is 0 Å². The molecule has 6 heteroatoms. The summed E-state index contributed by atoms with van der Waals surface area (Å²) in [5.74, 6) is 0. The highest BCUT2D eigenvalue weighted by Crippen LogP contribution is 2.21. The lowest BCUT2D eigenvalue weighted by molar-refractivity contribution is -0.294. The van der Waals surface area contributed by atoms with E-state index in [-0.39, 0.29) is 6.61 Å². The van der Waals surface area contributed by atoms with E-state index in [1.807, 2.05) is 0 Å².